The van der Waals surface area contributed by atoms with Gasteiger partial charge in [0.2, 0.25) is 0 Å². The lowest BCUT2D eigenvalue weighted by Gasteiger charge is -2.27. The van der Waals surface area contributed by atoms with Gasteiger partial charge in [-0.25, -0.2) is 4.79 Å². The predicted octanol–water partition coefficient (Wildman–Crippen LogP) is 2.42. The van der Waals surface area contributed by atoms with Crippen LogP contribution in [0.25, 0.3) is 0 Å². The number of carbonyl (C=O) groups excluding carboxylic acids is 1. The van der Waals surface area contributed by atoms with Crippen LogP contribution in [0.2, 0.25) is 0 Å². The summed E-state index contributed by atoms with van der Waals surface area (Å²) in [7, 11) is 0. The van der Waals surface area contributed by atoms with Gasteiger partial charge in [0.15, 0.2) is 0 Å². The summed E-state index contributed by atoms with van der Waals surface area (Å²) < 4.78 is 0. The van der Waals surface area contributed by atoms with E-state index >= 15 is 0 Å². The van der Waals surface area contributed by atoms with E-state index in [1.54, 1.807) is 0 Å². The second-order valence-electron chi connectivity index (χ2n) is 6.77. The molecule has 0 aromatic heterocycles. The van der Waals surface area contributed by atoms with Crippen molar-refractivity contribution in [3.63, 3.8) is 0 Å². The SMILES string of the molecule is CC1(CNC(=O)NCC2CCCC(O)C2)CCCC1. The van der Waals surface area contributed by atoms with Crippen LogP contribution in [0.3, 0.4) is 0 Å². The lowest BCUT2D eigenvalue weighted by molar-refractivity contribution is 0.101. The first-order valence-corrected chi connectivity index (χ1v) is 7.77. The highest BCUT2D eigenvalue weighted by Crippen LogP contribution is 2.36. The van der Waals surface area contributed by atoms with Crippen LogP contribution in [-0.4, -0.2) is 30.3 Å². The summed E-state index contributed by atoms with van der Waals surface area (Å²) in [6.07, 6.45) is 8.81. The molecule has 4 nitrogen and oxygen atoms in total. The number of amides is 2. The quantitative estimate of drug-likeness (QED) is 0.733. The zero-order valence-corrected chi connectivity index (χ0v) is 12.1. The van der Waals surface area contributed by atoms with Crippen LogP contribution in [0.1, 0.15) is 58.3 Å². The minimum Gasteiger partial charge on any atom is -0.393 e. The number of hydrogen-bond donors (Lipinski definition) is 3. The number of hydrogen-bond acceptors (Lipinski definition) is 2. The van der Waals surface area contributed by atoms with Crippen molar-refractivity contribution in [3.8, 4) is 0 Å². The summed E-state index contributed by atoms with van der Waals surface area (Å²) in [6, 6.07) is -0.0480. The van der Waals surface area contributed by atoms with Crippen molar-refractivity contribution in [2.24, 2.45) is 11.3 Å². The molecule has 0 spiro atoms. The van der Waals surface area contributed by atoms with E-state index in [1.165, 1.54) is 25.7 Å². The molecular weight excluding hydrogens is 240 g/mol. The van der Waals surface area contributed by atoms with Gasteiger partial charge < -0.3 is 15.7 Å². The molecule has 2 unspecified atom stereocenters. The normalized spacial score (nSPS) is 30.0. The average Bonchev–Trinajstić information content (AvgIpc) is 2.82. The Morgan fingerprint density at radius 1 is 1.21 bits per heavy atom. The average molecular weight is 268 g/mol. The Balaban J connectivity index is 1.61. The maximum absolute atomic E-state index is 11.8. The molecule has 2 aliphatic carbocycles. The first-order chi connectivity index (χ1) is 9.07. The Morgan fingerprint density at radius 2 is 1.95 bits per heavy atom. The molecule has 2 saturated carbocycles. The van der Waals surface area contributed by atoms with Crippen LogP contribution in [0.4, 0.5) is 4.79 Å². The molecule has 0 radical (unpaired) electrons. The molecule has 19 heavy (non-hydrogen) atoms. The van der Waals surface area contributed by atoms with E-state index in [0.717, 1.165) is 32.2 Å². The van der Waals surface area contributed by atoms with Gasteiger partial charge in [0.25, 0.3) is 0 Å². The van der Waals surface area contributed by atoms with Gasteiger partial charge in [-0.1, -0.05) is 26.2 Å². The van der Waals surface area contributed by atoms with Crippen LogP contribution >= 0.6 is 0 Å². The van der Waals surface area contributed by atoms with E-state index < -0.39 is 0 Å². The zero-order chi connectivity index (χ0) is 13.7. The van der Waals surface area contributed by atoms with Crippen LogP contribution in [0, 0.1) is 11.3 Å². The second-order valence-corrected chi connectivity index (χ2v) is 6.77. The fourth-order valence-electron chi connectivity index (χ4n) is 3.45. The van der Waals surface area contributed by atoms with Crippen LogP contribution in [0.5, 0.6) is 0 Å². The number of urea groups is 1. The van der Waals surface area contributed by atoms with E-state index in [2.05, 4.69) is 17.6 Å². The Kier molecular flexibility index (Phi) is 5.08. The van der Waals surface area contributed by atoms with Gasteiger partial charge in [-0.15, -0.1) is 0 Å². The monoisotopic (exact) mass is 268 g/mol. The Labute approximate surface area is 116 Å². The van der Waals surface area contributed by atoms with Gasteiger partial charge in [0.05, 0.1) is 6.10 Å². The topological polar surface area (TPSA) is 61.4 Å². The third-order valence-corrected chi connectivity index (χ3v) is 4.79. The maximum Gasteiger partial charge on any atom is 0.314 e. The van der Waals surface area contributed by atoms with Crippen molar-refractivity contribution in [3.05, 3.63) is 0 Å². The van der Waals surface area contributed by atoms with Crippen molar-refractivity contribution < 1.29 is 9.90 Å². The third-order valence-electron chi connectivity index (χ3n) is 4.79. The molecule has 0 aromatic carbocycles. The molecule has 0 saturated heterocycles. The van der Waals surface area contributed by atoms with E-state index in [-0.39, 0.29) is 12.1 Å². The number of carbonyl (C=O) groups is 1. The molecule has 0 heterocycles. The van der Waals surface area contributed by atoms with Crippen molar-refractivity contribution >= 4 is 6.03 Å². The molecule has 110 valence electrons. The van der Waals surface area contributed by atoms with E-state index in [4.69, 9.17) is 0 Å². The first-order valence-electron chi connectivity index (χ1n) is 7.77. The number of rotatable bonds is 4. The third kappa shape index (κ3) is 4.68. The fourth-order valence-corrected chi connectivity index (χ4v) is 3.45. The molecule has 4 heteroatoms. The minimum atomic E-state index is -0.166. The van der Waals surface area contributed by atoms with Crippen molar-refractivity contribution in [1.29, 1.82) is 0 Å². The van der Waals surface area contributed by atoms with Crippen molar-refractivity contribution in [1.82, 2.24) is 10.6 Å². The number of nitrogens with one attached hydrogen (secondary N) is 2. The summed E-state index contributed by atoms with van der Waals surface area (Å²) in [6.45, 7) is 3.74. The highest BCUT2D eigenvalue weighted by Gasteiger charge is 2.29. The molecule has 0 aliphatic heterocycles. The summed E-state index contributed by atoms with van der Waals surface area (Å²) in [5.41, 5.74) is 0.304. The van der Waals surface area contributed by atoms with Gasteiger partial charge in [-0.2, -0.15) is 0 Å². The van der Waals surface area contributed by atoms with Crippen LogP contribution in [-0.2, 0) is 0 Å². The standard InChI is InChI=1S/C15H28N2O2/c1-15(7-2-3-8-15)11-17-14(19)16-10-12-5-4-6-13(18)9-12/h12-13,18H,2-11H2,1H3,(H2,16,17,19). The highest BCUT2D eigenvalue weighted by molar-refractivity contribution is 5.73. The van der Waals surface area contributed by atoms with Gasteiger partial charge in [0, 0.05) is 13.1 Å². The number of aliphatic hydroxyl groups is 1. The highest BCUT2D eigenvalue weighted by atomic mass is 16.3. The largest absolute Gasteiger partial charge is 0.393 e. The molecule has 0 bridgehead atoms. The van der Waals surface area contributed by atoms with E-state index in [1.807, 2.05) is 0 Å². The van der Waals surface area contributed by atoms with Crippen LogP contribution in [0.15, 0.2) is 0 Å². The molecular formula is C15H28N2O2. The summed E-state index contributed by atoms with van der Waals surface area (Å²) >= 11 is 0. The van der Waals surface area contributed by atoms with Gasteiger partial charge in [-0.3, -0.25) is 0 Å². The Hall–Kier alpha value is -0.770. The lowest BCUT2D eigenvalue weighted by atomic mass is 9.87. The smallest absolute Gasteiger partial charge is 0.314 e. The molecule has 3 N–H and O–H groups in total. The zero-order valence-electron chi connectivity index (χ0n) is 12.1. The van der Waals surface area contributed by atoms with E-state index in [0.29, 0.717) is 17.9 Å². The summed E-state index contributed by atoms with van der Waals surface area (Å²) in [5.74, 6) is 0.441. The summed E-state index contributed by atoms with van der Waals surface area (Å²) in [5, 5.41) is 15.6. The van der Waals surface area contributed by atoms with Gasteiger partial charge in [0.1, 0.15) is 0 Å². The van der Waals surface area contributed by atoms with Gasteiger partial charge in [-0.05, 0) is 43.4 Å². The minimum absolute atomic E-state index is 0.0480. The molecule has 2 rings (SSSR count). The van der Waals surface area contributed by atoms with Crippen molar-refractivity contribution in [2.75, 3.05) is 13.1 Å². The second kappa shape index (κ2) is 6.60. The fraction of sp³-hybridized carbons (Fsp3) is 0.933. The van der Waals surface area contributed by atoms with Crippen molar-refractivity contribution in [2.45, 2.75) is 64.4 Å². The van der Waals surface area contributed by atoms with Crippen LogP contribution < -0.4 is 10.6 Å². The summed E-state index contributed by atoms with van der Waals surface area (Å²) in [4.78, 5) is 11.8. The molecule has 2 atom stereocenters. The molecule has 2 fully saturated rings. The van der Waals surface area contributed by atoms with E-state index in [9.17, 15) is 9.90 Å². The van der Waals surface area contributed by atoms with Gasteiger partial charge >= 0.3 is 6.03 Å². The number of aliphatic hydroxyl groups excluding tert-OH is 1. The Morgan fingerprint density at radius 3 is 2.63 bits per heavy atom. The Bertz CT molecular complexity index is 301. The molecule has 0 aromatic rings. The lowest BCUT2D eigenvalue weighted by Crippen LogP contribution is -2.43. The predicted molar refractivity (Wildman–Crippen MR) is 75.9 cm³/mol. The molecule has 2 aliphatic rings. The molecule has 2 amide bonds. The maximum atomic E-state index is 11.8. The first kappa shape index (κ1) is 14.6.